The second kappa shape index (κ2) is 6.43. The Labute approximate surface area is 125 Å². The number of piperidine rings is 1. The Morgan fingerprint density at radius 1 is 1.14 bits per heavy atom. The third-order valence-corrected chi connectivity index (χ3v) is 6.24. The molecular formula is C13H20N2O4S2. The summed E-state index contributed by atoms with van der Waals surface area (Å²) in [7, 11) is -7.44. The van der Waals surface area contributed by atoms with E-state index < -0.39 is 19.9 Å². The van der Waals surface area contributed by atoms with Crippen molar-refractivity contribution < 1.29 is 16.8 Å². The lowest BCUT2D eigenvalue weighted by atomic mass is 10.1. The van der Waals surface area contributed by atoms with Crippen LogP contribution in [0.25, 0.3) is 0 Å². The first kappa shape index (κ1) is 16.4. The first-order valence-corrected chi connectivity index (χ1v) is 10.2. The first-order chi connectivity index (χ1) is 9.81. The molecule has 2 N–H and O–H groups in total. The molecule has 0 amide bonds. The Hall–Kier alpha value is -0.960. The summed E-state index contributed by atoms with van der Waals surface area (Å²) in [4.78, 5) is -0.364. The van der Waals surface area contributed by atoms with Gasteiger partial charge in [-0.15, -0.1) is 0 Å². The summed E-state index contributed by atoms with van der Waals surface area (Å²) in [5, 5.41) is 3.24. The van der Waals surface area contributed by atoms with Gasteiger partial charge in [-0.3, -0.25) is 0 Å². The Kier molecular flexibility index (Phi) is 5.03. The van der Waals surface area contributed by atoms with Crippen LogP contribution in [0.5, 0.6) is 0 Å². The molecule has 0 aliphatic carbocycles. The number of benzene rings is 1. The lowest BCUT2D eigenvalue weighted by Crippen LogP contribution is -2.43. The minimum Gasteiger partial charge on any atom is -0.313 e. The van der Waals surface area contributed by atoms with Gasteiger partial charge in [0.25, 0.3) is 0 Å². The van der Waals surface area contributed by atoms with E-state index in [1.807, 2.05) is 0 Å². The van der Waals surface area contributed by atoms with Crippen LogP contribution in [0.2, 0.25) is 0 Å². The van der Waals surface area contributed by atoms with Crippen molar-refractivity contribution in [2.45, 2.75) is 35.1 Å². The molecule has 0 saturated carbocycles. The molecule has 0 unspecified atom stereocenters. The molecule has 1 aromatic carbocycles. The highest BCUT2D eigenvalue weighted by atomic mass is 32.2. The van der Waals surface area contributed by atoms with Crippen molar-refractivity contribution >= 4 is 19.9 Å². The van der Waals surface area contributed by atoms with E-state index in [0.29, 0.717) is 0 Å². The summed E-state index contributed by atoms with van der Waals surface area (Å²) in [6, 6.07) is 5.75. The van der Waals surface area contributed by atoms with Crippen molar-refractivity contribution in [2.24, 2.45) is 0 Å². The van der Waals surface area contributed by atoms with Crippen LogP contribution in [0.15, 0.2) is 34.1 Å². The van der Waals surface area contributed by atoms with Crippen molar-refractivity contribution in [1.82, 2.24) is 10.0 Å². The minimum absolute atomic E-state index is 0.0962. The van der Waals surface area contributed by atoms with E-state index in [0.717, 1.165) is 32.1 Å². The van der Waals surface area contributed by atoms with Crippen LogP contribution in [-0.2, 0) is 19.9 Å². The van der Waals surface area contributed by atoms with Gasteiger partial charge in [0.1, 0.15) is 4.90 Å². The average Bonchev–Trinajstić information content (AvgIpc) is 2.45. The molecule has 1 aliphatic rings. The lowest BCUT2D eigenvalue weighted by Gasteiger charge is -2.23. The Bertz CT molecular complexity index is 693. The molecule has 8 heteroatoms. The zero-order valence-electron chi connectivity index (χ0n) is 11.9. The number of hydrogen-bond donors (Lipinski definition) is 2. The summed E-state index contributed by atoms with van der Waals surface area (Å²) in [5.74, 6) is 0. The van der Waals surface area contributed by atoms with Gasteiger partial charge in [0.2, 0.25) is 10.0 Å². The molecule has 1 aromatic rings. The topological polar surface area (TPSA) is 92.3 Å². The summed E-state index contributed by atoms with van der Waals surface area (Å²) < 4.78 is 50.6. The number of sulfone groups is 1. The third-order valence-electron chi connectivity index (χ3n) is 3.47. The molecule has 2 rings (SSSR count). The van der Waals surface area contributed by atoms with Gasteiger partial charge in [-0.1, -0.05) is 18.6 Å². The number of rotatable bonds is 5. The summed E-state index contributed by atoms with van der Waals surface area (Å²) in [6.45, 7) is 1.15. The number of nitrogens with one attached hydrogen (secondary N) is 2. The van der Waals surface area contributed by atoms with Gasteiger partial charge in [0.15, 0.2) is 9.84 Å². The molecule has 1 fully saturated rings. The fourth-order valence-electron chi connectivity index (χ4n) is 2.36. The molecule has 1 atom stereocenters. The van der Waals surface area contributed by atoms with Crippen LogP contribution in [0, 0.1) is 0 Å². The summed E-state index contributed by atoms with van der Waals surface area (Å²) >= 11 is 0. The monoisotopic (exact) mass is 332 g/mol. The van der Waals surface area contributed by atoms with E-state index in [4.69, 9.17) is 0 Å². The predicted molar refractivity (Wildman–Crippen MR) is 80.4 cm³/mol. The maximum atomic E-state index is 12.3. The van der Waals surface area contributed by atoms with Crippen molar-refractivity contribution in [3.05, 3.63) is 24.3 Å². The normalized spacial score (nSPS) is 20.3. The van der Waals surface area contributed by atoms with Crippen LogP contribution in [0.3, 0.4) is 0 Å². The van der Waals surface area contributed by atoms with Crippen molar-refractivity contribution in [2.75, 3.05) is 19.3 Å². The van der Waals surface area contributed by atoms with Crippen molar-refractivity contribution in [3.8, 4) is 0 Å². The zero-order valence-corrected chi connectivity index (χ0v) is 13.5. The molecule has 1 heterocycles. The standard InChI is InChI=1S/C13H20N2O4S2/c1-20(16,17)12-7-2-3-8-13(12)21(18,19)15-10-11-6-4-5-9-14-11/h2-3,7-8,11,14-15H,4-6,9-10H2,1H3/t11-/m1/s1. The molecule has 118 valence electrons. The summed E-state index contributed by atoms with van der Waals surface area (Å²) in [5.41, 5.74) is 0. The van der Waals surface area contributed by atoms with Crippen LogP contribution in [0.4, 0.5) is 0 Å². The van der Waals surface area contributed by atoms with Gasteiger partial charge in [-0.25, -0.2) is 21.6 Å². The second-order valence-corrected chi connectivity index (χ2v) is 8.94. The maximum Gasteiger partial charge on any atom is 0.241 e. The molecule has 1 aliphatic heterocycles. The molecule has 0 radical (unpaired) electrons. The molecule has 21 heavy (non-hydrogen) atoms. The van der Waals surface area contributed by atoms with Gasteiger partial charge < -0.3 is 5.32 Å². The average molecular weight is 332 g/mol. The minimum atomic E-state index is -3.84. The van der Waals surface area contributed by atoms with Gasteiger partial charge >= 0.3 is 0 Å². The Morgan fingerprint density at radius 2 is 1.81 bits per heavy atom. The highest BCUT2D eigenvalue weighted by molar-refractivity contribution is 7.93. The van der Waals surface area contributed by atoms with Crippen LogP contribution < -0.4 is 10.0 Å². The first-order valence-electron chi connectivity index (χ1n) is 6.83. The van der Waals surface area contributed by atoms with Gasteiger partial charge in [0, 0.05) is 18.8 Å². The zero-order chi connectivity index (χ0) is 15.5. The quantitative estimate of drug-likeness (QED) is 0.820. The number of sulfonamides is 1. The van der Waals surface area contributed by atoms with E-state index in [1.165, 1.54) is 24.3 Å². The van der Waals surface area contributed by atoms with E-state index >= 15 is 0 Å². The number of hydrogen-bond acceptors (Lipinski definition) is 5. The predicted octanol–water partition coefficient (Wildman–Crippen LogP) is 0.511. The summed E-state index contributed by atoms with van der Waals surface area (Å²) in [6.07, 6.45) is 4.08. The Balaban J connectivity index is 2.20. The van der Waals surface area contributed by atoms with E-state index in [9.17, 15) is 16.8 Å². The molecule has 0 spiro atoms. The van der Waals surface area contributed by atoms with E-state index in [-0.39, 0.29) is 22.4 Å². The highest BCUT2D eigenvalue weighted by Gasteiger charge is 2.24. The molecular weight excluding hydrogens is 312 g/mol. The van der Waals surface area contributed by atoms with Gasteiger partial charge in [0.05, 0.1) is 4.90 Å². The second-order valence-electron chi connectivity index (χ2n) is 5.22. The molecule has 1 saturated heterocycles. The van der Waals surface area contributed by atoms with E-state index in [1.54, 1.807) is 0 Å². The lowest BCUT2D eigenvalue weighted by molar-refractivity contribution is 0.398. The highest BCUT2D eigenvalue weighted by Crippen LogP contribution is 2.20. The smallest absolute Gasteiger partial charge is 0.241 e. The van der Waals surface area contributed by atoms with Crippen LogP contribution >= 0.6 is 0 Å². The fraction of sp³-hybridized carbons (Fsp3) is 0.538. The van der Waals surface area contributed by atoms with Gasteiger partial charge in [-0.05, 0) is 31.5 Å². The third kappa shape index (κ3) is 4.26. The largest absolute Gasteiger partial charge is 0.313 e. The van der Waals surface area contributed by atoms with Crippen molar-refractivity contribution in [3.63, 3.8) is 0 Å². The molecule has 0 bridgehead atoms. The molecule has 0 aromatic heterocycles. The van der Waals surface area contributed by atoms with Crippen molar-refractivity contribution in [1.29, 1.82) is 0 Å². The van der Waals surface area contributed by atoms with Gasteiger partial charge in [-0.2, -0.15) is 0 Å². The maximum absolute atomic E-state index is 12.3. The SMILES string of the molecule is CS(=O)(=O)c1ccccc1S(=O)(=O)NC[C@H]1CCCCN1. The molecule has 6 nitrogen and oxygen atoms in total. The Morgan fingerprint density at radius 3 is 2.38 bits per heavy atom. The van der Waals surface area contributed by atoms with Crippen LogP contribution in [-0.4, -0.2) is 42.2 Å². The van der Waals surface area contributed by atoms with Crippen LogP contribution in [0.1, 0.15) is 19.3 Å². The fourth-order valence-corrected chi connectivity index (χ4v) is 5.07. The van der Waals surface area contributed by atoms with E-state index in [2.05, 4.69) is 10.0 Å².